The van der Waals surface area contributed by atoms with Gasteiger partial charge >= 0.3 is 0 Å². The highest BCUT2D eigenvalue weighted by atomic mass is 32.1. The fourth-order valence-corrected chi connectivity index (χ4v) is 4.86. The van der Waals surface area contributed by atoms with Crippen LogP contribution in [0.3, 0.4) is 0 Å². The molecule has 8 nitrogen and oxygen atoms in total. The molecule has 0 spiro atoms. The Morgan fingerprint density at radius 1 is 1.09 bits per heavy atom. The van der Waals surface area contributed by atoms with Crippen LogP contribution in [0.15, 0.2) is 54.6 Å². The molecule has 1 aliphatic rings. The van der Waals surface area contributed by atoms with Gasteiger partial charge in [-0.25, -0.2) is 0 Å². The number of carbonyl (C=O) groups is 2. The van der Waals surface area contributed by atoms with Crippen molar-refractivity contribution in [3.8, 4) is 0 Å². The molecule has 0 radical (unpaired) electrons. The van der Waals surface area contributed by atoms with Gasteiger partial charge < -0.3 is 20.3 Å². The zero-order valence-electron chi connectivity index (χ0n) is 18.8. The lowest BCUT2D eigenvalue weighted by molar-refractivity contribution is 0.0954. The van der Waals surface area contributed by atoms with E-state index in [9.17, 15) is 9.59 Å². The van der Waals surface area contributed by atoms with Crippen molar-refractivity contribution in [2.24, 2.45) is 0 Å². The van der Waals surface area contributed by atoms with Crippen LogP contribution in [0.1, 0.15) is 31.2 Å². The van der Waals surface area contributed by atoms with Crippen LogP contribution in [-0.4, -0.2) is 48.3 Å². The van der Waals surface area contributed by atoms with Crippen LogP contribution < -0.4 is 15.5 Å². The molecule has 4 aromatic rings. The Kier molecular flexibility index (Phi) is 6.29. The van der Waals surface area contributed by atoms with Crippen molar-refractivity contribution in [1.82, 2.24) is 15.5 Å². The number of aryl methyl sites for hydroxylation is 1. The van der Waals surface area contributed by atoms with Crippen LogP contribution in [0, 0.1) is 6.92 Å². The Hall–Kier alpha value is -3.69. The smallest absolute Gasteiger partial charge is 0.261 e. The molecule has 1 saturated heterocycles. The van der Waals surface area contributed by atoms with E-state index in [0.29, 0.717) is 41.4 Å². The van der Waals surface area contributed by atoms with Gasteiger partial charge in [-0.3, -0.25) is 14.7 Å². The maximum atomic E-state index is 12.8. The quantitative estimate of drug-likeness (QED) is 0.392. The first-order chi connectivity index (χ1) is 16.6. The minimum Gasteiger partial charge on any atom is -0.378 e. The highest BCUT2D eigenvalue weighted by Crippen LogP contribution is 2.29. The number of benzene rings is 2. The summed E-state index contributed by atoms with van der Waals surface area (Å²) in [6, 6.07) is 17.3. The third kappa shape index (κ3) is 4.80. The number of carbonyl (C=O) groups excluding carboxylic acids is 2. The standard InChI is InChI=1S/C25H25N5O3S/c1-16-3-2-4-17(13-16)15-26-24(32)21-14-20-22(28-29-25(20)34-21)27-23(31)18-5-7-19(8-6-18)30-9-11-33-12-10-30/h2-8,13-14H,9-12,15H2,1H3,(H,26,32)(H2,27,28,29,31). The van der Waals surface area contributed by atoms with Crippen molar-refractivity contribution in [2.45, 2.75) is 13.5 Å². The summed E-state index contributed by atoms with van der Waals surface area (Å²) in [5, 5.41) is 13.6. The lowest BCUT2D eigenvalue weighted by Crippen LogP contribution is -2.36. The molecule has 0 saturated carbocycles. The number of ether oxygens (including phenoxy) is 1. The maximum Gasteiger partial charge on any atom is 0.261 e. The molecule has 5 rings (SSSR count). The summed E-state index contributed by atoms with van der Waals surface area (Å²) in [5.41, 5.74) is 3.81. The van der Waals surface area contributed by atoms with Gasteiger partial charge in [0.15, 0.2) is 5.82 Å². The number of aromatic amines is 1. The normalized spacial score (nSPS) is 13.7. The molecule has 2 aromatic heterocycles. The van der Waals surface area contributed by atoms with Gasteiger partial charge in [-0.15, -0.1) is 11.3 Å². The van der Waals surface area contributed by atoms with Gasteiger partial charge in [0.25, 0.3) is 11.8 Å². The molecular weight excluding hydrogens is 450 g/mol. The van der Waals surface area contributed by atoms with E-state index in [0.717, 1.165) is 34.7 Å². The molecule has 0 atom stereocenters. The number of nitrogens with zero attached hydrogens (tertiary/aromatic N) is 2. The summed E-state index contributed by atoms with van der Waals surface area (Å²) in [4.78, 5) is 29.0. The van der Waals surface area contributed by atoms with E-state index < -0.39 is 0 Å². The number of amides is 2. The first-order valence-corrected chi connectivity index (χ1v) is 11.9. The largest absolute Gasteiger partial charge is 0.378 e. The highest BCUT2D eigenvalue weighted by molar-refractivity contribution is 7.20. The van der Waals surface area contributed by atoms with Gasteiger partial charge in [0.2, 0.25) is 0 Å². The third-order valence-corrected chi connectivity index (χ3v) is 6.79. The molecule has 2 aromatic carbocycles. The predicted molar refractivity (Wildman–Crippen MR) is 134 cm³/mol. The van der Waals surface area contributed by atoms with Gasteiger partial charge in [0.05, 0.1) is 23.5 Å². The summed E-state index contributed by atoms with van der Waals surface area (Å²) < 4.78 is 5.39. The summed E-state index contributed by atoms with van der Waals surface area (Å²) in [5.74, 6) is -0.00287. The molecule has 3 heterocycles. The molecule has 0 aliphatic carbocycles. The SMILES string of the molecule is Cc1cccc(CNC(=O)c2cc3c(NC(=O)c4ccc(N5CCOCC5)cc4)n[nH]c3s2)c1. The van der Waals surface area contributed by atoms with E-state index in [1.54, 1.807) is 6.07 Å². The lowest BCUT2D eigenvalue weighted by Gasteiger charge is -2.28. The van der Waals surface area contributed by atoms with E-state index >= 15 is 0 Å². The van der Waals surface area contributed by atoms with Crippen LogP contribution in [0.4, 0.5) is 11.5 Å². The molecule has 9 heteroatoms. The maximum absolute atomic E-state index is 12.8. The summed E-state index contributed by atoms with van der Waals surface area (Å²) in [6.07, 6.45) is 0. The van der Waals surface area contributed by atoms with Crippen molar-refractivity contribution < 1.29 is 14.3 Å². The molecule has 2 amide bonds. The molecule has 0 bridgehead atoms. The van der Waals surface area contributed by atoms with Crippen molar-refractivity contribution in [2.75, 3.05) is 36.5 Å². The van der Waals surface area contributed by atoms with Crippen molar-refractivity contribution in [3.05, 3.63) is 76.2 Å². The number of rotatable bonds is 6. The van der Waals surface area contributed by atoms with Crippen LogP contribution in [-0.2, 0) is 11.3 Å². The first-order valence-electron chi connectivity index (χ1n) is 11.1. The summed E-state index contributed by atoms with van der Waals surface area (Å²) in [7, 11) is 0. The Morgan fingerprint density at radius 3 is 2.65 bits per heavy atom. The molecule has 174 valence electrons. The van der Waals surface area contributed by atoms with Gasteiger partial charge in [-0.2, -0.15) is 5.10 Å². The summed E-state index contributed by atoms with van der Waals surface area (Å²) in [6.45, 7) is 5.59. The van der Waals surface area contributed by atoms with E-state index in [1.165, 1.54) is 11.3 Å². The Labute approximate surface area is 200 Å². The number of morpholine rings is 1. The van der Waals surface area contributed by atoms with E-state index in [2.05, 4.69) is 25.7 Å². The van der Waals surface area contributed by atoms with Crippen LogP contribution >= 0.6 is 11.3 Å². The molecule has 1 fully saturated rings. The zero-order valence-corrected chi connectivity index (χ0v) is 19.6. The molecule has 1 aliphatic heterocycles. The minimum atomic E-state index is -0.251. The average Bonchev–Trinajstić information content (AvgIpc) is 3.45. The van der Waals surface area contributed by atoms with Crippen LogP contribution in [0.25, 0.3) is 10.2 Å². The topological polar surface area (TPSA) is 99.3 Å². The molecule has 0 unspecified atom stereocenters. The minimum absolute atomic E-state index is 0.160. The lowest BCUT2D eigenvalue weighted by atomic mass is 10.1. The van der Waals surface area contributed by atoms with Crippen LogP contribution in [0.5, 0.6) is 0 Å². The number of fused-ring (bicyclic) bond motifs is 1. The van der Waals surface area contributed by atoms with Gasteiger partial charge in [-0.1, -0.05) is 29.8 Å². The zero-order chi connectivity index (χ0) is 23.5. The van der Waals surface area contributed by atoms with E-state index in [4.69, 9.17) is 4.74 Å². The second kappa shape index (κ2) is 9.66. The van der Waals surface area contributed by atoms with Crippen molar-refractivity contribution >= 4 is 44.9 Å². The molecular formula is C25H25N5O3S. The second-order valence-corrected chi connectivity index (χ2v) is 9.25. The average molecular weight is 476 g/mol. The van der Waals surface area contributed by atoms with Crippen molar-refractivity contribution in [1.29, 1.82) is 0 Å². The number of nitrogens with one attached hydrogen (secondary N) is 3. The van der Waals surface area contributed by atoms with Crippen LogP contribution in [0.2, 0.25) is 0 Å². The second-order valence-electron chi connectivity index (χ2n) is 8.20. The Balaban J connectivity index is 1.24. The van der Waals surface area contributed by atoms with Crippen molar-refractivity contribution in [3.63, 3.8) is 0 Å². The fourth-order valence-electron chi connectivity index (χ4n) is 3.94. The number of H-pyrrole nitrogens is 1. The molecule has 3 N–H and O–H groups in total. The first kappa shape index (κ1) is 22.1. The Morgan fingerprint density at radius 2 is 1.88 bits per heavy atom. The third-order valence-electron chi connectivity index (χ3n) is 5.75. The van der Waals surface area contributed by atoms with Gasteiger partial charge in [-0.05, 0) is 42.8 Å². The van der Waals surface area contributed by atoms with E-state index in [-0.39, 0.29) is 11.8 Å². The Bertz CT molecular complexity index is 1320. The monoisotopic (exact) mass is 475 g/mol. The van der Waals surface area contributed by atoms with Gasteiger partial charge in [0.1, 0.15) is 4.83 Å². The number of anilines is 2. The number of thiophene rings is 1. The summed E-state index contributed by atoms with van der Waals surface area (Å²) >= 11 is 1.31. The molecule has 34 heavy (non-hydrogen) atoms. The highest BCUT2D eigenvalue weighted by Gasteiger charge is 2.18. The number of aromatic nitrogens is 2. The van der Waals surface area contributed by atoms with Gasteiger partial charge in [0, 0.05) is 30.9 Å². The fraction of sp³-hybridized carbons (Fsp3) is 0.240. The predicted octanol–water partition coefficient (Wildman–Crippen LogP) is 3.95. The number of hydrogen-bond donors (Lipinski definition) is 3. The van der Waals surface area contributed by atoms with E-state index in [1.807, 2.05) is 55.5 Å². The number of hydrogen-bond acceptors (Lipinski definition) is 6.